The van der Waals surface area contributed by atoms with E-state index < -0.39 is 0 Å². The zero-order valence-electron chi connectivity index (χ0n) is 16.0. The number of benzene rings is 3. The molecule has 0 fully saturated rings. The highest BCUT2D eigenvalue weighted by molar-refractivity contribution is 6.30. The maximum absolute atomic E-state index is 6.18. The molecule has 0 atom stereocenters. The van der Waals surface area contributed by atoms with Crippen LogP contribution in [0.5, 0.6) is 0 Å². The van der Waals surface area contributed by atoms with Crippen LogP contribution in [0.15, 0.2) is 73.3 Å². The third-order valence-corrected chi connectivity index (χ3v) is 5.57. The number of nitrogens with zero attached hydrogens (tertiary/aromatic N) is 1. The van der Waals surface area contributed by atoms with E-state index in [2.05, 4.69) is 77.2 Å². The molecule has 0 amide bonds. The first kappa shape index (κ1) is 17.7. The minimum absolute atomic E-state index is 0.494. The molecule has 5 aromatic rings. The van der Waals surface area contributed by atoms with Gasteiger partial charge in [-0.3, -0.25) is 0 Å². The maximum Gasteiger partial charge on any atom is 0.129 e. The Balaban J connectivity index is 1.90. The normalized spacial score (nSPS) is 11.8. The number of hydrogen-bond donors (Lipinski definition) is 1. The van der Waals surface area contributed by atoms with Crippen LogP contribution in [-0.2, 0) is 0 Å². The minimum Gasteiger partial charge on any atom is -0.353 e. The van der Waals surface area contributed by atoms with Gasteiger partial charge >= 0.3 is 0 Å². The summed E-state index contributed by atoms with van der Waals surface area (Å²) in [5, 5.41) is 5.06. The predicted molar refractivity (Wildman–Crippen MR) is 126 cm³/mol. The van der Waals surface area contributed by atoms with Gasteiger partial charge in [-0.05, 0) is 53.1 Å². The Morgan fingerprint density at radius 1 is 0.966 bits per heavy atom. The monoisotopic (exact) mass is 394 g/mol. The molecule has 2 heterocycles. The smallest absolute Gasteiger partial charge is 0.129 e. The van der Waals surface area contributed by atoms with E-state index >= 15 is 0 Å². The van der Waals surface area contributed by atoms with Crippen molar-refractivity contribution >= 4 is 56.3 Å². The van der Waals surface area contributed by atoms with Crippen LogP contribution in [0.2, 0.25) is 5.15 Å². The Labute approximate surface area is 174 Å². The Morgan fingerprint density at radius 3 is 2.59 bits per heavy atom. The number of nitrogens with one attached hydrogen (secondary N) is 1. The molecule has 3 aromatic carbocycles. The summed E-state index contributed by atoms with van der Waals surface area (Å²) < 4.78 is 0. The van der Waals surface area contributed by atoms with Gasteiger partial charge in [0.25, 0.3) is 0 Å². The summed E-state index contributed by atoms with van der Waals surface area (Å²) in [6, 6.07) is 20.9. The van der Waals surface area contributed by atoms with E-state index in [0.717, 1.165) is 44.2 Å². The summed E-state index contributed by atoms with van der Waals surface area (Å²) in [4.78, 5) is 8.19. The van der Waals surface area contributed by atoms with E-state index in [-0.39, 0.29) is 0 Å². The van der Waals surface area contributed by atoms with Crippen LogP contribution in [-0.4, -0.2) is 9.97 Å². The van der Waals surface area contributed by atoms with Gasteiger partial charge in [0.2, 0.25) is 0 Å². The molecule has 0 aliphatic carbocycles. The van der Waals surface area contributed by atoms with E-state index in [9.17, 15) is 0 Å². The molecule has 29 heavy (non-hydrogen) atoms. The van der Waals surface area contributed by atoms with Crippen molar-refractivity contribution in [2.75, 3.05) is 0 Å². The van der Waals surface area contributed by atoms with E-state index in [4.69, 9.17) is 11.6 Å². The molecule has 5 rings (SSSR count). The minimum atomic E-state index is 0.494. The van der Waals surface area contributed by atoms with E-state index in [1.807, 2.05) is 25.1 Å². The van der Waals surface area contributed by atoms with Gasteiger partial charge in [-0.1, -0.05) is 72.8 Å². The van der Waals surface area contributed by atoms with Crippen LogP contribution in [0.1, 0.15) is 18.1 Å². The Bertz CT molecular complexity index is 1440. The fourth-order valence-corrected chi connectivity index (χ4v) is 4.25. The molecule has 0 aliphatic heterocycles. The summed E-state index contributed by atoms with van der Waals surface area (Å²) in [7, 11) is 0. The van der Waals surface area contributed by atoms with E-state index in [0.29, 0.717) is 5.15 Å². The number of allylic oxidation sites excluding steroid dienone is 1. The fraction of sp³-hybridized carbons (Fsp3) is 0.0385. The lowest BCUT2D eigenvalue weighted by molar-refractivity contribution is 1.40. The highest BCUT2D eigenvalue weighted by Crippen LogP contribution is 2.38. The van der Waals surface area contributed by atoms with Gasteiger partial charge in [0.15, 0.2) is 0 Å². The molecule has 0 radical (unpaired) electrons. The standard InChI is InChI=1S/C26H19ClN2/c1-3-7-17-14-18-8-5-6-9-21(18)24(20(17)4-2)22-15-19-11-10-16-12-13-23(27)29-25(16)26(19)28-22/h3-15,28H,2H2,1H3/b7-3-. The topological polar surface area (TPSA) is 28.7 Å². The van der Waals surface area contributed by atoms with Crippen LogP contribution >= 0.6 is 11.6 Å². The zero-order valence-corrected chi connectivity index (χ0v) is 16.8. The van der Waals surface area contributed by atoms with Gasteiger partial charge in [0, 0.05) is 22.0 Å². The number of halogens is 1. The van der Waals surface area contributed by atoms with Gasteiger partial charge < -0.3 is 4.98 Å². The highest BCUT2D eigenvalue weighted by atomic mass is 35.5. The van der Waals surface area contributed by atoms with Crippen molar-refractivity contribution in [1.29, 1.82) is 0 Å². The van der Waals surface area contributed by atoms with Crippen LogP contribution in [0.4, 0.5) is 0 Å². The summed E-state index contributed by atoms with van der Waals surface area (Å²) in [5.41, 5.74) is 6.35. The molecule has 140 valence electrons. The third-order valence-electron chi connectivity index (χ3n) is 5.36. The number of hydrogen-bond acceptors (Lipinski definition) is 1. The molecule has 0 aliphatic rings. The van der Waals surface area contributed by atoms with Crippen LogP contribution < -0.4 is 0 Å². The second-order valence-corrected chi connectivity index (χ2v) is 7.49. The lowest BCUT2D eigenvalue weighted by Crippen LogP contribution is -1.91. The SMILES string of the molecule is C=Cc1c(/C=C\C)cc2ccccc2c1-c1cc2ccc3ccc(Cl)nc3c2[nH]1. The predicted octanol–water partition coefficient (Wildman–Crippen LogP) is 7.87. The van der Waals surface area contributed by atoms with Crippen molar-refractivity contribution in [3.63, 3.8) is 0 Å². The first-order valence-electron chi connectivity index (χ1n) is 9.59. The quantitative estimate of drug-likeness (QED) is 0.310. The molecule has 2 nitrogen and oxygen atoms in total. The van der Waals surface area contributed by atoms with Crippen molar-refractivity contribution in [1.82, 2.24) is 9.97 Å². The molecular formula is C26H19ClN2. The molecule has 3 heteroatoms. The molecule has 0 spiro atoms. The Hall–Kier alpha value is -3.36. The summed E-state index contributed by atoms with van der Waals surface area (Å²) in [5.74, 6) is 0. The summed E-state index contributed by atoms with van der Waals surface area (Å²) in [6.07, 6.45) is 6.13. The molecule has 0 bridgehead atoms. The van der Waals surface area contributed by atoms with Gasteiger partial charge in [-0.15, -0.1) is 0 Å². The van der Waals surface area contributed by atoms with Gasteiger partial charge in [0.05, 0.1) is 11.0 Å². The van der Waals surface area contributed by atoms with Crippen molar-refractivity contribution in [3.05, 3.63) is 89.6 Å². The lowest BCUT2D eigenvalue weighted by Gasteiger charge is -2.13. The Kier molecular flexibility index (Phi) is 4.22. The van der Waals surface area contributed by atoms with Gasteiger partial charge in [-0.25, -0.2) is 4.98 Å². The number of rotatable bonds is 3. The number of fused-ring (bicyclic) bond motifs is 4. The zero-order chi connectivity index (χ0) is 20.0. The van der Waals surface area contributed by atoms with Crippen molar-refractivity contribution in [3.8, 4) is 11.3 Å². The lowest BCUT2D eigenvalue weighted by atomic mass is 9.92. The number of pyridine rings is 1. The van der Waals surface area contributed by atoms with Crippen molar-refractivity contribution in [2.45, 2.75) is 6.92 Å². The summed E-state index contributed by atoms with van der Waals surface area (Å²) in [6.45, 7) is 6.14. The number of H-pyrrole nitrogens is 1. The second-order valence-electron chi connectivity index (χ2n) is 7.10. The number of aromatic amines is 1. The van der Waals surface area contributed by atoms with Crippen molar-refractivity contribution in [2.24, 2.45) is 0 Å². The first-order chi connectivity index (χ1) is 14.2. The molecule has 0 unspecified atom stereocenters. The van der Waals surface area contributed by atoms with Gasteiger partial charge in [-0.2, -0.15) is 0 Å². The summed E-state index contributed by atoms with van der Waals surface area (Å²) >= 11 is 6.18. The van der Waals surface area contributed by atoms with Crippen LogP contribution in [0.3, 0.4) is 0 Å². The van der Waals surface area contributed by atoms with Crippen molar-refractivity contribution < 1.29 is 0 Å². The van der Waals surface area contributed by atoms with E-state index in [1.54, 1.807) is 0 Å². The number of aromatic nitrogens is 2. The maximum atomic E-state index is 6.18. The largest absolute Gasteiger partial charge is 0.353 e. The molecular weight excluding hydrogens is 376 g/mol. The molecule has 2 aromatic heterocycles. The highest BCUT2D eigenvalue weighted by Gasteiger charge is 2.15. The average molecular weight is 395 g/mol. The van der Waals surface area contributed by atoms with Crippen LogP contribution in [0, 0.1) is 0 Å². The second kappa shape index (κ2) is 6.91. The molecule has 1 N–H and O–H groups in total. The molecule has 0 saturated heterocycles. The van der Waals surface area contributed by atoms with Crippen LogP contribution in [0.25, 0.3) is 56.0 Å². The average Bonchev–Trinajstić information content (AvgIpc) is 3.17. The fourth-order valence-electron chi connectivity index (χ4n) is 4.11. The van der Waals surface area contributed by atoms with E-state index in [1.165, 1.54) is 10.8 Å². The first-order valence-corrected chi connectivity index (χ1v) is 9.96. The third kappa shape index (κ3) is 2.84. The van der Waals surface area contributed by atoms with Gasteiger partial charge in [0.1, 0.15) is 5.15 Å². The Morgan fingerprint density at radius 2 is 1.76 bits per heavy atom. The molecule has 0 saturated carbocycles.